The van der Waals surface area contributed by atoms with Crippen LogP contribution in [0.1, 0.15) is 88.0 Å². The van der Waals surface area contributed by atoms with Gasteiger partial charge in [0.15, 0.2) is 11.6 Å². The second kappa shape index (κ2) is 10.8. The smallest absolute Gasteiger partial charge is 0.410 e. The molecule has 4 aliphatic heterocycles. The highest BCUT2D eigenvalue weighted by atomic mass is 19.1. The predicted octanol–water partition coefficient (Wildman–Crippen LogP) is 6.11. The Morgan fingerprint density at radius 3 is 2.52 bits per heavy atom. The van der Waals surface area contributed by atoms with E-state index in [1.165, 1.54) is 5.56 Å². The van der Waals surface area contributed by atoms with E-state index in [2.05, 4.69) is 21.3 Å². The van der Waals surface area contributed by atoms with E-state index in [9.17, 15) is 4.79 Å². The molecule has 0 radical (unpaired) electrons. The van der Waals surface area contributed by atoms with Crippen LogP contribution in [0.3, 0.4) is 0 Å². The van der Waals surface area contributed by atoms with E-state index in [-0.39, 0.29) is 29.7 Å². The summed E-state index contributed by atoms with van der Waals surface area (Å²) < 4.78 is 32.9. The zero-order chi connectivity index (χ0) is 28.0. The van der Waals surface area contributed by atoms with Gasteiger partial charge in [-0.3, -0.25) is 4.90 Å². The number of hydrogen-bond donors (Lipinski definition) is 1. The van der Waals surface area contributed by atoms with Crippen molar-refractivity contribution in [3.63, 3.8) is 0 Å². The van der Waals surface area contributed by atoms with Crippen LogP contribution in [0.2, 0.25) is 0 Å². The Morgan fingerprint density at radius 1 is 1.10 bits per heavy atom. The topological polar surface area (TPSA) is 76.2 Å². The summed E-state index contributed by atoms with van der Waals surface area (Å²) in [6.07, 6.45) is 5.08. The summed E-state index contributed by atoms with van der Waals surface area (Å²) in [4.78, 5) is 21.3. The minimum atomic E-state index is -0.481. The van der Waals surface area contributed by atoms with Crippen molar-refractivity contribution < 1.29 is 23.4 Å². The first-order chi connectivity index (χ1) is 19.2. The van der Waals surface area contributed by atoms with Crippen molar-refractivity contribution in [3.05, 3.63) is 46.9 Å². The number of hydrogen-bond acceptors (Lipinski definition) is 7. The number of nitrogens with zero attached hydrogens (tertiary/aromatic N) is 3. The van der Waals surface area contributed by atoms with E-state index in [4.69, 9.17) is 14.2 Å². The molecule has 1 aromatic carbocycles. The van der Waals surface area contributed by atoms with Crippen LogP contribution in [-0.4, -0.2) is 71.9 Å². The molecular weight excluding hydrogens is 511 g/mol. The normalized spacial score (nSPS) is 22.8. The van der Waals surface area contributed by atoms with Crippen molar-refractivity contribution in [1.29, 1.82) is 0 Å². The van der Waals surface area contributed by atoms with Crippen molar-refractivity contribution in [2.45, 2.75) is 83.0 Å². The van der Waals surface area contributed by atoms with E-state index in [1.54, 1.807) is 6.07 Å². The van der Waals surface area contributed by atoms with E-state index < -0.39 is 5.60 Å². The molecule has 1 aromatic heterocycles. The fourth-order valence-electron chi connectivity index (χ4n) is 6.57. The maximum Gasteiger partial charge on any atom is 0.410 e. The number of piperidine rings is 1. The van der Waals surface area contributed by atoms with Gasteiger partial charge in [-0.05, 0) is 88.6 Å². The second-order valence-electron chi connectivity index (χ2n) is 12.7. The molecule has 0 saturated carbocycles. The van der Waals surface area contributed by atoms with Gasteiger partial charge in [-0.15, -0.1) is 0 Å². The maximum absolute atomic E-state index is 15.5. The van der Waals surface area contributed by atoms with Crippen molar-refractivity contribution >= 4 is 17.6 Å². The highest BCUT2D eigenvalue weighted by molar-refractivity contribution is 5.71. The van der Waals surface area contributed by atoms with Gasteiger partial charge < -0.3 is 24.4 Å². The summed E-state index contributed by atoms with van der Waals surface area (Å²) in [5, 5.41) is 3.43. The Labute approximate surface area is 236 Å². The number of halogens is 1. The average Bonchev–Trinajstić information content (AvgIpc) is 3.04. The third kappa shape index (κ3) is 5.50. The number of fused-ring (bicyclic) bond motifs is 2. The van der Waals surface area contributed by atoms with Crippen LogP contribution in [0, 0.1) is 5.82 Å². The summed E-state index contributed by atoms with van der Waals surface area (Å²) in [5.41, 5.74) is 3.37. The van der Waals surface area contributed by atoms with Gasteiger partial charge in [-0.2, -0.15) is 0 Å². The monoisotopic (exact) mass is 552 g/mol. The van der Waals surface area contributed by atoms with Crippen LogP contribution < -0.4 is 10.1 Å². The molecular formula is C31H41FN4O4. The van der Waals surface area contributed by atoms with Crippen LogP contribution in [0.15, 0.2) is 24.4 Å². The Hall–Kier alpha value is -2.91. The molecule has 1 amide bonds. The van der Waals surface area contributed by atoms with Gasteiger partial charge in [-0.25, -0.2) is 14.2 Å². The number of pyridine rings is 1. The fourth-order valence-corrected chi connectivity index (χ4v) is 6.57. The molecule has 1 atom stereocenters. The molecule has 2 aromatic rings. The number of nitrogens with one attached hydrogen (secondary N) is 1. The summed E-state index contributed by atoms with van der Waals surface area (Å²) in [6.45, 7) is 12.3. The lowest BCUT2D eigenvalue weighted by molar-refractivity contribution is 0.00589. The van der Waals surface area contributed by atoms with E-state index in [0.717, 1.165) is 68.9 Å². The van der Waals surface area contributed by atoms with Crippen molar-refractivity contribution in [3.8, 4) is 5.75 Å². The number of ether oxygens (including phenoxy) is 3. The third-order valence-electron chi connectivity index (χ3n) is 8.72. The molecule has 6 rings (SSSR count). The molecule has 3 saturated heterocycles. The van der Waals surface area contributed by atoms with E-state index in [1.807, 2.05) is 44.9 Å². The SMILES string of the molecule is CC1Oc2c(F)cc(C3CN(C4CCN(C(=O)OC(C)(C)C)CC4)C3)cc2Nc2nccc(C3CCOCC3)c21. The highest BCUT2D eigenvalue weighted by Gasteiger charge is 2.37. The average molecular weight is 553 g/mol. The Kier molecular flexibility index (Phi) is 7.38. The zero-order valence-electron chi connectivity index (χ0n) is 24.0. The van der Waals surface area contributed by atoms with Crippen molar-refractivity contribution in [2.24, 2.45) is 0 Å². The summed E-state index contributed by atoms with van der Waals surface area (Å²) in [6, 6.07) is 6.19. The third-order valence-corrected chi connectivity index (χ3v) is 8.72. The van der Waals surface area contributed by atoms with Gasteiger partial charge >= 0.3 is 6.09 Å². The van der Waals surface area contributed by atoms with Crippen LogP contribution >= 0.6 is 0 Å². The Morgan fingerprint density at radius 2 is 1.82 bits per heavy atom. The minimum absolute atomic E-state index is 0.229. The Balaban J connectivity index is 1.12. The predicted molar refractivity (Wildman–Crippen MR) is 151 cm³/mol. The van der Waals surface area contributed by atoms with Crippen molar-refractivity contribution in [2.75, 3.05) is 44.7 Å². The molecule has 40 heavy (non-hydrogen) atoms. The highest BCUT2D eigenvalue weighted by Crippen LogP contribution is 2.45. The van der Waals surface area contributed by atoms with Crippen LogP contribution in [-0.2, 0) is 9.47 Å². The lowest BCUT2D eigenvalue weighted by Crippen LogP contribution is -2.55. The molecule has 3 fully saturated rings. The molecule has 1 unspecified atom stereocenters. The lowest BCUT2D eigenvalue weighted by Gasteiger charge is -2.47. The largest absolute Gasteiger partial charge is 0.481 e. The maximum atomic E-state index is 15.5. The van der Waals surface area contributed by atoms with Gasteiger partial charge in [0.25, 0.3) is 0 Å². The number of carbonyl (C=O) groups is 1. The number of carbonyl (C=O) groups excluding carboxylic acids is 1. The molecule has 4 aliphatic rings. The van der Waals surface area contributed by atoms with Gasteiger partial charge in [0, 0.05) is 63.1 Å². The first-order valence-corrected chi connectivity index (χ1v) is 14.7. The van der Waals surface area contributed by atoms with Crippen molar-refractivity contribution in [1.82, 2.24) is 14.8 Å². The summed E-state index contributed by atoms with van der Waals surface area (Å²) in [5.74, 6) is 1.32. The molecule has 1 N–H and O–H groups in total. The van der Waals surface area contributed by atoms with E-state index >= 15 is 4.39 Å². The van der Waals surface area contributed by atoms with Crippen LogP contribution in [0.4, 0.5) is 20.7 Å². The molecule has 216 valence electrons. The number of anilines is 2. The summed E-state index contributed by atoms with van der Waals surface area (Å²) >= 11 is 0. The number of rotatable bonds is 3. The standard InChI is InChI=1S/C31H41FN4O4/c1-19-27-24(20-8-13-38-14-9-20)5-10-33-29(27)34-26-16-21(15-25(32)28(26)39-19)22-17-36(18-22)23-6-11-35(12-7-23)30(37)40-31(2,3)4/h5,10,15-16,19-20,22-23H,6-9,11-14,17-18H2,1-4H3,(H,33,34). The van der Waals surface area contributed by atoms with Gasteiger partial charge in [-0.1, -0.05) is 0 Å². The lowest BCUT2D eigenvalue weighted by atomic mass is 9.87. The van der Waals surface area contributed by atoms with Gasteiger partial charge in [0.05, 0.1) is 5.69 Å². The van der Waals surface area contributed by atoms with Gasteiger partial charge in [0.1, 0.15) is 17.5 Å². The molecule has 0 bridgehead atoms. The van der Waals surface area contributed by atoms with Gasteiger partial charge in [0.2, 0.25) is 0 Å². The summed E-state index contributed by atoms with van der Waals surface area (Å²) in [7, 11) is 0. The van der Waals surface area contributed by atoms with Crippen LogP contribution in [0.5, 0.6) is 5.75 Å². The second-order valence-corrected chi connectivity index (χ2v) is 12.7. The quantitative estimate of drug-likeness (QED) is 0.492. The molecule has 0 aliphatic carbocycles. The fraction of sp³-hybridized carbons (Fsp3) is 0.613. The number of likely N-dealkylation sites (tertiary alicyclic amines) is 2. The molecule has 9 heteroatoms. The zero-order valence-corrected chi connectivity index (χ0v) is 24.0. The number of benzene rings is 1. The first kappa shape index (κ1) is 27.3. The number of aromatic nitrogens is 1. The minimum Gasteiger partial charge on any atom is -0.481 e. The molecule has 8 nitrogen and oxygen atoms in total. The molecule has 5 heterocycles. The molecule has 0 spiro atoms. The van der Waals surface area contributed by atoms with Crippen LogP contribution in [0.25, 0.3) is 0 Å². The number of amides is 1. The van der Waals surface area contributed by atoms with E-state index in [0.29, 0.717) is 30.7 Å². The Bertz CT molecular complexity index is 1240. The first-order valence-electron chi connectivity index (χ1n) is 14.7.